The van der Waals surface area contributed by atoms with Gasteiger partial charge in [-0.3, -0.25) is 20.0 Å². The Morgan fingerprint density at radius 3 is 3.05 bits per heavy atom. The predicted octanol–water partition coefficient (Wildman–Crippen LogP) is 0.477. The lowest BCUT2D eigenvalue weighted by atomic mass is 10.2. The van der Waals surface area contributed by atoms with Crippen LogP contribution in [0.5, 0.6) is 0 Å². The largest absolute Gasteiger partial charge is 0.308 e. The van der Waals surface area contributed by atoms with Crippen LogP contribution >= 0.6 is 0 Å². The highest BCUT2D eigenvalue weighted by Gasteiger charge is 2.07. The van der Waals surface area contributed by atoms with E-state index in [4.69, 9.17) is 0 Å². The lowest BCUT2D eigenvalue weighted by molar-refractivity contribution is -0.384. The van der Waals surface area contributed by atoms with Gasteiger partial charge >= 0.3 is 5.91 Å². The van der Waals surface area contributed by atoms with Crippen LogP contribution in [0.25, 0.3) is 0 Å². The quantitative estimate of drug-likeness (QED) is 0.469. The molecule has 1 amide bonds. The van der Waals surface area contributed by atoms with Crippen LogP contribution in [0.15, 0.2) is 35.7 Å². The van der Waals surface area contributed by atoms with E-state index in [-0.39, 0.29) is 11.5 Å². The third-order valence-corrected chi connectivity index (χ3v) is 2.09. The van der Waals surface area contributed by atoms with Crippen molar-refractivity contribution in [1.29, 1.82) is 0 Å². The average Bonchev–Trinajstić information content (AvgIpc) is 2.93. The number of benzene rings is 1. The molecule has 0 spiro atoms. The van der Waals surface area contributed by atoms with Crippen LogP contribution in [0.1, 0.15) is 16.2 Å². The van der Waals surface area contributed by atoms with E-state index in [0.717, 1.165) is 0 Å². The highest BCUT2D eigenvalue weighted by molar-refractivity contribution is 5.91. The van der Waals surface area contributed by atoms with Crippen LogP contribution in [0.4, 0.5) is 5.69 Å². The number of carbonyl (C=O) groups is 1. The van der Waals surface area contributed by atoms with Crippen LogP contribution in [0, 0.1) is 10.1 Å². The van der Waals surface area contributed by atoms with Gasteiger partial charge in [-0.15, -0.1) is 0 Å². The van der Waals surface area contributed by atoms with Crippen molar-refractivity contribution in [3.05, 3.63) is 52.1 Å². The molecule has 2 aromatic rings. The standard InChI is InChI=1S/C10H8N6O3/c17-10(9-11-6-13-14-9)15-12-5-7-2-1-3-8(4-7)16(18)19/h1-6H,(H,15,17)(H,11,13,14). The SMILES string of the molecule is O=C(NN=Cc1cccc([N+](=O)[O-])c1)c1ncn[nH]1. The lowest BCUT2D eigenvalue weighted by Crippen LogP contribution is -2.19. The van der Waals surface area contributed by atoms with Gasteiger partial charge in [0.15, 0.2) is 0 Å². The van der Waals surface area contributed by atoms with Gasteiger partial charge in [0.2, 0.25) is 5.82 Å². The summed E-state index contributed by atoms with van der Waals surface area (Å²) in [6.45, 7) is 0. The topological polar surface area (TPSA) is 126 Å². The minimum atomic E-state index is -0.556. The van der Waals surface area contributed by atoms with Gasteiger partial charge in [-0.2, -0.15) is 10.2 Å². The van der Waals surface area contributed by atoms with Crippen molar-refractivity contribution in [3.8, 4) is 0 Å². The highest BCUT2D eigenvalue weighted by Crippen LogP contribution is 2.11. The van der Waals surface area contributed by atoms with Gasteiger partial charge in [0.05, 0.1) is 11.1 Å². The molecule has 2 N–H and O–H groups in total. The van der Waals surface area contributed by atoms with Gasteiger partial charge in [0.1, 0.15) is 6.33 Å². The zero-order valence-corrected chi connectivity index (χ0v) is 9.48. The molecule has 19 heavy (non-hydrogen) atoms. The number of aromatic amines is 1. The summed E-state index contributed by atoms with van der Waals surface area (Å²) >= 11 is 0. The molecule has 0 radical (unpaired) electrons. The van der Waals surface area contributed by atoms with E-state index in [9.17, 15) is 14.9 Å². The number of H-pyrrole nitrogens is 1. The van der Waals surface area contributed by atoms with Crippen molar-refractivity contribution in [2.45, 2.75) is 0 Å². The minimum absolute atomic E-state index is 0.0243. The first-order valence-electron chi connectivity index (χ1n) is 5.10. The molecule has 1 heterocycles. The molecule has 2 rings (SSSR count). The Morgan fingerprint density at radius 1 is 1.53 bits per heavy atom. The first-order valence-corrected chi connectivity index (χ1v) is 5.10. The summed E-state index contributed by atoms with van der Waals surface area (Å²) < 4.78 is 0. The highest BCUT2D eigenvalue weighted by atomic mass is 16.6. The summed E-state index contributed by atoms with van der Waals surface area (Å²) in [4.78, 5) is 25.1. The summed E-state index contributed by atoms with van der Waals surface area (Å²) in [5, 5.41) is 20.1. The summed E-state index contributed by atoms with van der Waals surface area (Å²) in [7, 11) is 0. The molecule has 9 nitrogen and oxygen atoms in total. The van der Waals surface area contributed by atoms with E-state index in [1.165, 1.54) is 30.7 Å². The van der Waals surface area contributed by atoms with Gasteiger partial charge in [-0.1, -0.05) is 12.1 Å². The van der Waals surface area contributed by atoms with Crippen LogP contribution in [-0.2, 0) is 0 Å². The number of aromatic nitrogens is 3. The van der Waals surface area contributed by atoms with Gasteiger partial charge in [-0.25, -0.2) is 10.4 Å². The number of nitrogens with zero attached hydrogens (tertiary/aromatic N) is 4. The monoisotopic (exact) mass is 260 g/mol. The fourth-order valence-corrected chi connectivity index (χ4v) is 1.25. The second-order valence-corrected chi connectivity index (χ2v) is 3.39. The summed E-state index contributed by atoms with van der Waals surface area (Å²) in [6.07, 6.45) is 2.49. The number of non-ortho nitro benzene ring substituents is 1. The smallest absolute Gasteiger partial charge is 0.264 e. The number of nitro groups is 1. The summed E-state index contributed by atoms with van der Waals surface area (Å²) in [5.74, 6) is -0.532. The molecule has 0 saturated heterocycles. The van der Waals surface area contributed by atoms with Gasteiger partial charge in [0, 0.05) is 17.7 Å². The fourth-order valence-electron chi connectivity index (χ4n) is 1.25. The molecule has 9 heteroatoms. The molecule has 0 fully saturated rings. The molecule has 0 unspecified atom stereocenters. The first-order chi connectivity index (χ1) is 9.16. The number of carbonyl (C=O) groups excluding carboxylic acids is 1. The number of nitrogens with one attached hydrogen (secondary N) is 2. The normalized spacial score (nSPS) is 10.5. The van der Waals surface area contributed by atoms with E-state index in [0.29, 0.717) is 5.56 Å². The molecule has 1 aromatic carbocycles. The second-order valence-electron chi connectivity index (χ2n) is 3.39. The van der Waals surface area contributed by atoms with Crippen molar-refractivity contribution in [3.63, 3.8) is 0 Å². The van der Waals surface area contributed by atoms with E-state index in [1.54, 1.807) is 6.07 Å². The Morgan fingerprint density at radius 2 is 2.37 bits per heavy atom. The first kappa shape index (κ1) is 12.4. The number of hydrazone groups is 1. The van der Waals surface area contributed by atoms with Crippen LogP contribution in [0.3, 0.4) is 0 Å². The predicted molar refractivity (Wildman–Crippen MR) is 64.5 cm³/mol. The van der Waals surface area contributed by atoms with Crippen LogP contribution < -0.4 is 5.43 Å². The maximum absolute atomic E-state index is 11.4. The molecule has 0 saturated carbocycles. The van der Waals surface area contributed by atoms with Gasteiger partial charge < -0.3 is 0 Å². The Balaban J connectivity index is 2.01. The molecule has 0 aliphatic rings. The van der Waals surface area contributed by atoms with E-state index in [2.05, 4.69) is 25.7 Å². The lowest BCUT2D eigenvalue weighted by Gasteiger charge is -1.95. The Labute approximate surface area is 106 Å². The van der Waals surface area contributed by atoms with Crippen LogP contribution in [-0.4, -0.2) is 32.2 Å². The Bertz CT molecular complexity index is 622. The number of amides is 1. The Hall–Kier alpha value is -3.10. The van der Waals surface area contributed by atoms with Crippen molar-refractivity contribution in [2.24, 2.45) is 5.10 Å². The summed E-state index contributed by atoms with van der Waals surface area (Å²) in [5.41, 5.74) is 2.65. The molecule has 0 aliphatic carbocycles. The third kappa shape index (κ3) is 3.19. The second kappa shape index (κ2) is 5.49. The zero-order valence-electron chi connectivity index (χ0n) is 9.48. The molecule has 0 aliphatic heterocycles. The fraction of sp³-hybridized carbons (Fsp3) is 0. The van der Waals surface area contributed by atoms with E-state index < -0.39 is 10.8 Å². The van der Waals surface area contributed by atoms with Gasteiger partial charge in [0.25, 0.3) is 5.69 Å². The Kier molecular flexibility index (Phi) is 3.57. The minimum Gasteiger partial charge on any atom is -0.264 e. The molecular formula is C10H8N6O3. The van der Waals surface area contributed by atoms with Crippen molar-refractivity contribution < 1.29 is 9.72 Å². The maximum atomic E-state index is 11.4. The van der Waals surface area contributed by atoms with Crippen molar-refractivity contribution in [1.82, 2.24) is 20.6 Å². The molecule has 0 bridgehead atoms. The third-order valence-electron chi connectivity index (χ3n) is 2.09. The van der Waals surface area contributed by atoms with Crippen molar-refractivity contribution in [2.75, 3.05) is 0 Å². The van der Waals surface area contributed by atoms with Gasteiger partial charge in [-0.05, 0) is 0 Å². The van der Waals surface area contributed by atoms with E-state index in [1.807, 2.05) is 0 Å². The number of hydrogen-bond acceptors (Lipinski definition) is 6. The number of nitro benzene ring substituents is 1. The average molecular weight is 260 g/mol. The zero-order chi connectivity index (χ0) is 13.7. The molecule has 0 atom stereocenters. The summed E-state index contributed by atoms with van der Waals surface area (Å²) in [6, 6.07) is 5.85. The molecule has 1 aromatic heterocycles. The van der Waals surface area contributed by atoms with E-state index >= 15 is 0 Å². The molecular weight excluding hydrogens is 252 g/mol. The maximum Gasteiger partial charge on any atom is 0.308 e. The molecule has 96 valence electrons. The van der Waals surface area contributed by atoms with Crippen molar-refractivity contribution >= 4 is 17.8 Å². The van der Waals surface area contributed by atoms with Crippen LogP contribution in [0.2, 0.25) is 0 Å². The number of rotatable bonds is 4. The number of hydrogen-bond donors (Lipinski definition) is 2.